The molecule has 3 aliphatic rings. The number of likely N-dealkylation sites (tertiary alicyclic amines) is 1. The van der Waals surface area contributed by atoms with Crippen molar-refractivity contribution in [2.24, 2.45) is 0 Å². The van der Waals surface area contributed by atoms with Gasteiger partial charge >= 0.3 is 0 Å². The van der Waals surface area contributed by atoms with Crippen LogP contribution in [-0.4, -0.2) is 44.8 Å². The second-order valence-corrected chi connectivity index (χ2v) is 6.13. The third-order valence-corrected chi connectivity index (χ3v) is 5.12. The van der Waals surface area contributed by atoms with Crippen LogP contribution in [0.25, 0.3) is 0 Å². The van der Waals surface area contributed by atoms with Crippen molar-refractivity contribution in [2.75, 3.05) is 44.8 Å². The summed E-state index contributed by atoms with van der Waals surface area (Å²) in [5, 5.41) is 0. The molecule has 3 nitrogen and oxygen atoms in total. The number of ether oxygens (including phenoxy) is 1. The Labute approximate surface area is 115 Å². The van der Waals surface area contributed by atoms with Gasteiger partial charge in [0.1, 0.15) is 0 Å². The SMILES string of the molecule is CN1CC[C@@H]2C[C@@H]1c1cc(N3CCOCC3)ccc12. The fourth-order valence-electron chi connectivity index (χ4n) is 3.97. The molecule has 0 saturated carbocycles. The van der Waals surface area contributed by atoms with Crippen LogP contribution in [0.4, 0.5) is 5.69 Å². The van der Waals surface area contributed by atoms with E-state index in [1.807, 2.05) is 0 Å². The molecule has 2 fully saturated rings. The molecule has 2 bridgehead atoms. The Hall–Kier alpha value is -1.06. The van der Waals surface area contributed by atoms with E-state index in [1.165, 1.54) is 25.1 Å². The summed E-state index contributed by atoms with van der Waals surface area (Å²) in [6.07, 6.45) is 2.66. The first kappa shape index (κ1) is 11.7. The minimum atomic E-state index is 0.662. The van der Waals surface area contributed by atoms with Crippen LogP contribution in [-0.2, 0) is 4.74 Å². The first-order chi connectivity index (χ1) is 9.33. The van der Waals surface area contributed by atoms with E-state index in [1.54, 1.807) is 11.1 Å². The number of morpholine rings is 1. The highest BCUT2D eigenvalue weighted by Crippen LogP contribution is 2.49. The number of hydrogen-bond donors (Lipinski definition) is 0. The van der Waals surface area contributed by atoms with Crippen LogP contribution in [0.2, 0.25) is 0 Å². The molecular weight excluding hydrogens is 236 g/mol. The quantitative estimate of drug-likeness (QED) is 0.769. The van der Waals surface area contributed by atoms with Gasteiger partial charge in [0.05, 0.1) is 13.2 Å². The third-order valence-electron chi connectivity index (χ3n) is 5.12. The molecule has 102 valence electrons. The molecule has 0 radical (unpaired) electrons. The van der Waals surface area contributed by atoms with E-state index >= 15 is 0 Å². The normalized spacial score (nSPS) is 30.5. The second kappa shape index (κ2) is 4.50. The van der Waals surface area contributed by atoms with Gasteiger partial charge in [0.2, 0.25) is 0 Å². The summed E-state index contributed by atoms with van der Waals surface area (Å²) < 4.78 is 5.45. The molecule has 1 aromatic rings. The Morgan fingerprint density at radius 1 is 1.11 bits per heavy atom. The fourth-order valence-corrected chi connectivity index (χ4v) is 3.97. The van der Waals surface area contributed by atoms with Crippen molar-refractivity contribution < 1.29 is 4.74 Å². The first-order valence-corrected chi connectivity index (χ1v) is 7.50. The van der Waals surface area contributed by atoms with Crippen LogP contribution in [0.5, 0.6) is 0 Å². The molecule has 0 unspecified atom stereocenters. The summed E-state index contributed by atoms with van der Waals surface area (Å²) in [6, 6.07) is 7.83. The molecule has 1 aliphatic carbocycles. The van der Waals surface area contributed by atoms with Gasteiger partial charge in [-0.15, -0.1) is 0 Å². The fraction of sp³-hybridized carbons (Fsp3) is 0.625. The van der Waals surface area contributed by atoms with Gasteiger partial charge in [-0.05, 0) is 55.6 Å². The zero-order chi connectivity index (χ0) is 12.8. The Kier molecular flexibility index (Phi) is 2.78. The average Bonchev–Trinajstić information content (AvgIpc) is 2.78. The number of hydrogen-bond acceptors (Lipinski definition) is 3. The lowest BCUT2D eigenvalue weighted by molar-refractivity contribution is 0.122. The number of nitrogens with zero attached hydrogens (tertiary/aromatic N) is 2. The summed E-state index contributed by atoms with van der Waals surface area (Å²) in [5.74, 6) is 0.815. The van der Waals surface area contributed by atoms with Gasteiger partial charge in [-0.1, -0.05) is 6.07 Å². The van der Waals surface area contributed by atoms with Crippen molar-refractivity contribution in [1.29, 1.82) is 0 Å². The Morgan fingerprint density at radius 2 is 1.95 bits per heavy atom. The number of benzene rings is 1. The molecule has 0 spiro atoms. The van der Waals surface area contributed by atoms with Gasteiger partial charge in [0.25, 0.3) is 0 Å². The highest BCUT2D eigenvalue weighted by molar-refractivity contribution is 5.55. The van der Waals surface area contributed by atoms with Gasteiger partial charge in [0, 0.05) is 24.8 Å². The van der Waals surface area contributed by atoms with Gasteiger partial charge in [0.15, 0.2) is 0 Å². The molecule has 0 N–H and O–H groups in total. The topological polar surface area (TPSA) is 15.7 Å². The molecule has 0 aromatic heterocycles. The summed E-state index contributed by atoms with van der Waals surface area (Å²) in [4.78, 5) is 5.00. The minimum absolute atomic E-state index is 0.662. The van der Waals surface area contributed by atoms with Gasteiger partial charge in [-0.25, -0.2) is 0 Å². The molecule has 2 saturated heterocycles. The predicted molar refractivity (Wildman–Crippen MR) is 76.8 cm³/mol. The third kappa shape index (κ3) is 1.87. The van der Waals surface area contributed by atoms with Crippen LogP contribution >= 0.6 is 0 Å². The van der Waals surface area contributed by atoms with Gasteiger partial charge in [-0.3, -0.25) is 4.90 Å². The van der Waals surface area contributed by atoms with E-state index in [2.05, 4.69) is 35.0 Å². The molecule has 4 rings (SSSR count). The molecule has 3 heteroatoms. The van der Waals surface area contributed by atoms with Crippen LogP contribution in [0, 0.1) is 0 Å². The largest absolute Gasteiger partial charge is 0.378 e. The molecule has 1 aromatic carbocycles. The average molecular weight is 258 g/mol. The maximum Gasteiger partial charge on any atom is 0.0642 e. The molecular formula is C16H22N2O. The Balaban J connectivity index is 1.68. The number of rotatable bonds is 1. The van der Waals surface area contributed by atoms with Crippen molar-refractivity contribution in [2.45, 2.75) is 24.8 Å². The smallest absolute Gasteiger partial charge is 0.0642 e. The monoisotopic (exact) mass is 258 g/mol. The van der Waals surface area contributed by atoms with Crippen LogP contribution in [0.15, 0.2) is 18.2 Å². The van der Waals surface area contributed by atoms with E-state index in [9.17, 15) is 0 Å². The predicted octanol–water partition coefficient (Wildman–Crippen LogP) is 2.39. The molecule has 2 atom stereocenters. The zero-order valence-corrected chi connectivity index (χ0v) is 11.6. The highest BCUT2D eigenvalue weighted by Gasteiger charge is 2.37. The van der Waals surface area contributed by atoms with Gasteiger partial charge in [-0.2, -0.15) is 0 Å². The summed E-state index contributed by atoms with van der Waals surface area (Å²) in [7, 11) is 2.28. The van der Waals surface area contributed by atoms with Crippen LogP contribution in [0.1, 0.15) is 35.9 Å². The van der Waals surface area contributed by atoms with Crippen molar-refractivity contribution in [3.63, 3.8) is 0 Å². The maximum absolute atomic E-state index is 5.45. The lowest BCUT2D eigenvalue weighted by Crippen LogP contribution is -2.36. The standard InChI is InChI=1S/C16H22N2O/c1-17-5-4-12-10-16(17)15-11-13(2-3-14(12)15)18-6-8-19-9-7-18/h2-3,11-12,16H,4-10H2,1H3/t12-,16-/m1/s1. The first-order valence-electron chi connectivity index (χ1n) is 7.50. The maximum atomic E-state index is 5.45. The van der Waals surface area contributed by atoms with Crippen molar-refractivity contribution in [1.82, 2.24) is 4.90 Å². The summed E-state index contributed by atoms with van der Waals surface area (Å²) in [5.41, 5.74) is 4.60. The lowest BCUT2D eigenvalue weighted by atomic mass is 9.96. The minimum Gasteiger partial charge on any atom is -0.378 e. The Bertz CT molecular complexity index is 482. The molecule has 2 heterocycles. The van der Waals surface area contributed by atoms with Crippen molar-refractivity contribution in [3.05, 3.63) is 29.3 Å². The number of piperidine rings is 1. The zero-order valence-electron chi connectivity index (χ0n) is 11.6. The van der Waals surface area contributed by atoms with Crippen molar-refractivity contribution in [3.8, 4) is 0 Å². The van der Waals surface area contributed by atoms with Crippen LogP contribution in [0.3, 0.4) is 0 Å². The van der Waals surface area contributed by atoms with E-state index in [0.29, 0.717) is 6.04 Å². The Morgan fingerprint density at radius 3 is 2.79 bits per heavy atom. The van der Waals surface area contributed by atoms with E-state index in [4.69, 9.17) is 4.74 Å². The molecule has 19 heavy (non-hydrogen) atoms. The van der Waals surface area contributed by atoms with E-state index in [-0.39, 0.29) is 0 Å². The number of anilines is 1. The van der Waals surface area contributed by atoms with Gasteiger partial charge < -0.3 is 9.64 Å². The van der Waals surface area contributed by atoms with E-state index in [0.717, 1.165) is 32.2 Å². The molecule has 0 amide bonds. The second-order valence-electron chi connectivity index (χ2n) is 6.13. The highest BCUT2D eigenvalue weighted by atomic mass is 16.5. The molecule has 2 aliphatic heterocycles. The van der Waals surface area contributed by atoms with Crippen molar-refractivity contribution >= 4 is 5.69 Å². The van der Waals surface area contributed by atoms with E-state index < -0.39 is 0 Å². The summed E-state index contributed by atoms with van der Waals surface area (Å²) in [6.45, 7) is 5.04. The summed E-state index contributed by atoms with van der Waals surface area (Å²) >= 11 is 0. The number of fused-ring (bicyclic) bond motifs is 5. The lowest BCUT2D eigenvalue weighted by Gasteiger charge is -2.31. The van der Waals surface area contributed by atoms with Crippen LogP contribution < -0.4 is 4.90 Å².